The van der Waals surface area contributed by atoms with E-state index in [1.54, 1.807) is 0 Å². The molecule has 0 aliphatic carbocycles. The molecule has 27 heavy (non-hydrogen) atoms. The molecule has 2 aromatic heterocycles. The molecule has 0 saturated heterocycles. The average Bonchev–Trinajstić information content (AvgIpc) is 3.11. The Labute approximate surface area is 152 Å². The fourth-order valence-corrected chi connectivity index (χ4v) is 3.45. The summed E-state index contributed by atoms with van der Waals surface area (Å²) in [7, 11) is 0. The molecule has 1 amide bonds. The normalized spacial score (nSPS) is 13.6. The van der Waals surface area contributed by atoms with Gasteiger partial charge in [-0.25, -0.2) is 8.78 Å². The maximum absolute atomic E-state index is 13.4. The SMILES string of the molecule is CCn1c2c(c(=O)n3ncc(C(=O)Nc4ccc(F)c(F)c4)c13)CNCC2. The van der Waals surface area contributed by atoms with Gasteiger partial charge in [-0.2, -0.15) is 9.61 Å². The third kappa shape index (κ3) is 2.80. The van der Waals surface area contributed by atoms with Gasteiger partial charge in [0.05, 0.1) is 11.8 Å². The molecular formula is C18H17F2N5O2. The Bertz CT molecular complexity index is 1120. The van der Waals surface area contributed by atoms with Crippen LogP contribution in [-0.2, 0) is 19.5 Å². The highest BCUT2D eigenvalue weighted by Gasteiger charge is 2.24. The van der Waals surface area contributed by atoms with Crippen molar-refractivity contribution in [3.63, 3.8) is 0 Å². The van der Waals surface area contributed by atoms with Crippen molar-refractivity contribution in [3.8, 4) is 0 Å². The molecule has 0 saturated carbocycles. The van der Waals surface area contributed by atoms with Gasteiger partial charge in [-0.05, 0) is 19.1 Å². The van der Waals surface area contributed by atoms with Crippen LogP contribution in [0.25, 0.3) is 5.65 Å². The van der Waals surface area contributed by atoms with E-state index in [0.29, 0.717) is 30.7 Å². The van der Waals surface area contributed by atoms with E-state index >= 15 is 0 Å². The first-order valence-corrected chi connectivity index (χ1v) is 8.60. The molecule has 0 atom stereocenters. The Morgan fingerprint density at radius 1 is 1.33 bits per heavy atom. The van der Waals surface area contributed by atoms with Crippen molar-refractivity contribution in [1.82, 2.24) is 19.5 Å². The monoisotopic (exact) mass is 373 g/mol. The summed E-state index contributed by atoms with van der Waals surface area (Å²) in [4.78, 5) is 25.5. The first-order valence-electron chi connectivity index (χ1n) is 8.60. The van der Waals surface area contributed by atoms with Crippen LogP contribution in [0, 0.1) is 11.6 Å². The quantitative estimate of drug-likeness (QED) is 0.732. The molecule has 140 valence electrons. The lowest BCUT2D eigenvalue weighted by Gasteiger charge is -2.22. The smallest absolute Gasteiger partial charge is 0.279 e. The van der Waals surface area contributed by atoms with Gasteiger partial charge < -0.3 is 15.2 Å². The summed E-state index contributed by atoms with van der Waals surface area (Å²) in [6.45, 7) is 3.69. The second-order valence-corrected chi connectivity index (χ2v) is 6.28. The van der Waals surface area contributed by atoms with Crippen molar-refractivity contribution in [2.75, 3.05) is 11.9 Å². The number of benzene rings is 1. The van der Waals surface area contributed by atoms with Gasteiger partial charge in [0.2, 0.25) is 0 Å². The zero-order valence-corrected chi connectivity index (χ0v) is 14.6. The maximum Gasteiger partial charge on any atom is 0.279 e. The molecule has 1 aliphatic heterocycles. The minimum absolute atomic E-state index is 0.116. The van der Waals surface area contributed by atoms with Gasteiger partial charge in [-0.1, -0.05) is 0 Å². The summed E-state index contributed by atoms with van der Waals surface area (Å²) >= 11 is 0. The molecule has 0 unspecified atom stereocenters. The lowest BCUT2D eigenvalue weighted by Crippen LogP contribution is -2.36. The predicted molar refractivity (Wildman–Crippen MR) is 94.8 cm³/mol. The minimum atomic E-state index is -1.06. The van der Waals surface area contributed by atoms with Gasteiger partial charge in [0.25, 0.3) is 11.5 Å². The summed E-state index contributed by atoms with van der Waals surface area (Å²) < 4.78 is 29.6. The number of hydrogen-bond donors (Lipinski definition) is 2. The molecule has 7 nitrogen and oxygen atoms in total. The topological polar surface area (TPSA) is 80.4 Å². The van der Waals surface area contributed by atoms with Crippen molar-refractivity contribution >= 4 is 17.2 Å². The van der Waals surface area contributed by atoms with Crippen LogP contribution in [0.2, 0.25) is 0 Å². The van der Waals surface area contributed by atoms with Crippen molar-refractivity contribution in [1.29, 1.82) is 0 Å². The summed E-state index contributed by atoms with van der Waals surface area (Å²) in [5, 5.41) is 9.79. The average molecular weight is 373 g/mol. The third-order valence-electron chi connectivity index (χ3n) is 4.70. The van der Waals surface area contributed by atoms with Gasteiger partial charge in [0.1, 0.15) is 5.56 Å². The van der Waals surface area contributed by atoms with Gasteiger partial charge >= 0.3 is 0 Å². The summed E-state index contributed by atoms with van der Waals surface area (Å²) in [5.41, 5.74) is 1.97. The zero-order valence-electron chi connectivity index (χ0n) is 14.6. The number of fused-ring (bicyclic) bond motifs is 2. The fourth-order valence-electron chi connectivity index (χ4n) is 3.45. The third-order valence-corrected chi connectivity index (χ3v) is 4.70. The van der Waals surface area contributed by atoms with E-state index in [9.17, 15) is 18.4 Å². The molecule has 0 radical (unpaired) electrons. The molecule has 1 aliphatic rings. The van der Waals surface area contributed by atoms with E-state index < -0.39 is 17.5 Å². The van der Waals surface area contributed by atoms with Crippen molar-refractivity contribution < 1.29 is 13.6 Å². The lowest BCUT2D eigenvalue weighted by molar-refractivity contribution is 0.102. The van der Waals surface area contributed by atoms with E-state index in [2.05, 4.69) is 15.7 Å². The molecular weight excluding hydrogens is 356 g/mol. The largest absolute Gasteiger partial charge is 0.329 e. The molecule has 2 N–H and O–H groups in total. The molecule has 0 bridgehead atoms. The number of aromatic nitrogens is 3. The van der Waals surface area contributed by atoms with Crippen molar-refractivity contribution in [2.24, 2.45) is 0 Å². The van der Waals surface area contributed by atoms with Crippen molar-refractivity contribution in [2.45, 2.75) is 26.4 Å². The van der Waals surface area contributed by atoms with Crippen LogP contribution in [0.5, 0.6) is 0 Å². The first kappa shape index (κ1) is 17.3. The molecule has 0 spiro atoms. The van der Waals surface area contributed by atoms with Crippen LogP contribution in [-0.4, -0.2) is 26.6 Å². The second kappa shape index (κ2) is 6.58. The van der Waals surface area contributed by atoms with Gasteiger partial charge in [-0.15, -0.1) is 0 Å². The minimum Gasteiger partial charge on any atom is -0.329 e. The Morgan fingerprint density at radius 3 is 2.89 bits per heavy atom. The number of nitrogens with zero attached hydrogens (tertiary/aromatic N) is 3. The highest BCUT2D eigenvalue weighted by Crippen LogP contribution is 2.19. The van der Waals surface area contributed by atoms with Crippen LogP contribution in [0.15, 0.2) is 29.2 Å². The van der Waals surface area contributed by atoms with Crippen LogP contribution >= 0.6 is 0 Å². The summed E-state index contributed by atoms with van der Waals surface area (Å²) in [6.07, 6.45) is 1.99. The van der Waals surface area contributed by atoms with Gasteiger partial charge in [-0.3, -0.25) is 9.59 Å². The number of carbonyl (C=O) groups excluding carboxylic acids is 1. The molecule has 3 aromatic rings. The molecule has 1 aromatic carbocycles. The Kier molecular flexibility index (Phi) is 4.23. The molecule has 4 rings (SSSR count). The lowest BCUT2D eigenvalue weighted by atomic mass is 10.1. The van der Waals surface area contributed by atoms with Crippen LogP contribution in [0.4, 0.5) is 14.5 Å². The Hall–Kier alpha value is -3.07. The predicted octanol–water partition coefficient (Wildman–Crippen LogP) is 1.69. The van der Waals surface area contributed by atoms with Crippen LogP contribution in [0.3, 0.4) is 0 Å². The number of carbonyl (C=O) groups is 1. The number of hydrogen-bond acceptors (Lipinski definition) is 4. The van der Waals surface area contributed by atoms with Crippen LogP contribution in [0.1, 0.15) is 28.5 Å². The van der Waals surface area contributed by atoms with E-state index in [0.717, 1.165) is 24.4 Å². The van der Waals surface area contributed by atoms with E-state index in [1.165, 1.54) is 16.8 Å². The van der Waals surface area contributed by atoms with Gasteiger partial charge in [0, 0.05) is 43.5 Å². The standard InChI is InChI=1S/C18H17F2N5O2/c1-2-24-15-5-6-21-8-11(15)18(27)25-17(24)12(9-22-25)16(26)23-10-3-4-13(19)14(20)7-10/h3-4,7,9,21H,2,5-6,8H2,1H3,(H,23,26). The number of amides is 1. The Balaban J connectivity index is 1.82. The summed E-state index contributed by atoms with van der Waals surface area (Å²) in [6, 6.07) is 3.11. The number of anilines is 1. The number of rotatable bonds is 3. The molecule has 9 heteroatoms. The van der Waals surface area contributed by atoms with Gasteiger partial charge in [0.15, 0.2) is 17.3 Å². The highest BCUT2D eigenvalue weighted by molar-refractivity contribution is 6.08. The van der Waals surface area contributed by atoms with E-state index in [-0.39, 0.29) is 16.8 Å². The zero-order chi connectivity index (χ0) is 19.1. The Morgan fingerprint density at radius 2 is 2.15 bits per heavy atom. The first-order chi connectivity index (χ1) is 13.0. The number of nitrogens with one attached hydrogen (secondary N) is 2. The van der Waals surface area contributed by atoms with E-state index in [1.807, 2.05) is 11.5 Å². The summed E-state index contributed by atoms with van der Waals surface area (Å²) in [5.74, 6) is -2.60. The highest BCUT2D eigenvalue weighted by atomic mass is 19.2. The molecule has 3 heterocycles. The van der Waals surface area contributed by atoms with Crippen LogP contribution < -0.4 is 16.2 Å². The number of halogens is 2. The van der Waals surface area contributed by atoms with E-state index in [4.69, 9.17) is 0 Å². The molecule has 0 fully saturated rings. The second-order valence-electron chi connectivity index (χ2n) is 6.28. The maximum atomic E-state index is 13.4. The van der Waals surface area contributed by atoms with Crippen molar-refractivity contribution in [3.05, 3.63) is 63.2 Å². The number of aryl methyl sites for hydroxylation is 1. The fraction of sp³-hybridized carbons (Fsp3) is 0.278.